The number of halogens is 1. The summed E-state index contributed by atoms with van der Waals surface area (Å²) < 4.78 is 2.62. The summed E-state index contributed by atoms with van der Waals surface area (Å²) in [5.74, 6) is 1.25. The number of fused-ring (bicyclic) bond motifs is 1. The first kappa shape index (κ1) is 23.3. The van der Waals surface area contributed by atoms with Gasteiger partial charge >= 0.3 is 5.69 Å². The number of thioether (sulfide) groups is 1. The molecular formula is C23H25ClN4O4S. The predicted octanol–water partition coefficient (Wildman–Crippen LogP) is 2.94. The molecule has 1 aliphatic heterocycles. The summed E-state index contributed by atoms with van der Waals surface area (Å²) in [4.78, 5) is 28.1. The number of nitrogens with zero attached hydrogens (tertiary/aromatic N) is 3. The molecule has 1 atom stereocenters. The zero-order valence-corrected chi connectivity index (χ0v) is 19.6. The SMILES string of the molecule is Cn1c2c(c(=O)n(CCCO)c1=O)N(Cc1ccc(Cl)cc1)C(SCc1cccc(O)c1)N2. The van der Waals surface area contributed by atoms with Crippen LogP contribution in [0.1, 0.15) is 17.5 Å². The number of hydrogen-bond donors (Lipinski definition) is 3. The molecule has 1 aromatic heterocycles. The van der Waals surface area contributed by atoms with E-state index in [0.717, 1.165) is 11.1 Å². The van der Waals surface area contributed by atoms with Crippen LogP contribution < -0.4 is 21.5 Å². The van der Waals surface area contributed by atoms with Crippen molar-refractivity contribution in [1.29, 1.82) is 0 Å². The van der Waals surface area contributed by atoms with Gasteiger partial charge in [-0.2, -0.15) is 0 Å². The summed E-state index contributed by atoms with van der Waals surface area (Å²) >= 11 is 7.59. The van der Waals surface area contributed by atoms with Gasteiger partial charge in [0.05, 0.1) is 0 Å². The first-order valence-electron chi connectivity index (χ1n) is 10.5. The molecule has 3 N–H and O–H groups in total. The Hall–Kier alpha value is -2.88. The van der Waals surface area contributed by atoms with Gasteiger partial charge in [0.15, 0.2) is 0 Å². The molecule has 0 amide bonds. The zero-order valence-electron chi connectivity index (χ0n) is 18.1. The van der Waals surface area contributed by atoms with Crippen LogP contribution in [0.4, 0.5) is 11.5 Å². The second-order valence-electron chi connectivity index (χ2n) is 7.80. The van der Waals surface area contributed by atoms with Gasteiger partial charge in [0, 0.05) is 37.5 Å². The summed E-state index contributed by atoms with van der Waals surface area (Å²) in [5, 5.41) is 22.9. The van der Waals surface area contributed by atoms with E-state index in [0.29, 0.717) is 35.2 Å². The van der Waals surface area contributed by atoms with E-state index in [1.54, 1.807) is 49.1 Å². The van der Waals surface area contributed by atoms with Crippen molar-refractivity contribution in [2.45, 2.75) is 30.8 Å². The first-order valence-corrected chi connectivity index (χ1v) is 11.9. The minimum atomic E-state index is -0.426. The van der Waals surface area contributed by atoms with Gasteiger partial charge in [0.2, 0.25) is 0 Å². The monoisotopic (exact) mass is 488 g/mol. The molecule has 10 heteroatoms. The lowest BCUT2D eigenvalue weighted by molar-refractivity contribution is 0.277. The molecule has 1 aliphatic rings. The average Bonchev–Trinajstić information content (AvgIpc) is 3.16. The van der Waals surface area contributed by atoms with Crippen molar-refractivity contribution in [2.75, 3.05) is 16.8 Å². The van der Waals surface area contributed by atoms with E-state index in [2.05, 4.69) is 5.32 Å². The summed E-state index contributed by atoms with van der Waals surface area (Å²) in [5.41, 5.74) is 1.20. The Morgan fingerprint density at radius 2 is 1.88 bits per heavy atom. The van der Waals surface area contributed by atoms with Crippen LogP contribution in [0.3, 0.4) is 0 Å². The fourth-order valence-corrected chi connectivity index (χ4v) is 5.03. The summed E-state index contributed by atoms with van der Waals surface area (Å²) in [6.45, 7) is 0.468. The fourth-order valence-electron chi connectivity index (χ4n) is 3.82. The van der Waals surface area contributed by atoms with Crippen LogP contribution in [0.25, 0.3) is 0 Å². The van der Waals surface area contributed by atoms with Crippen molar-refractivity contribution in [3.8, 4) is 5.75 Å². The Morgan fingerprint density at radius 1 is 1.12 bits per heavy atom. The van der Waals surface area contributed by atoms with Crippen molar-refractivity contribution in [2.24, 2.45) is 7.05 Å². The molecule has 33 heavy (non-hydrogen) atoms. The Bertz CT molecular complexity index is 1260. The molecular weight excluding hydrogens is 464 g/mol. The minimum absolute atomic E-state index is 0.109. The van der Waals surface area contributed by atoms with E-state index in [4.69, 9.17) is 11.6 Å². The van der Waals surface area contributed by atoms with Crippen LogP contribution in [0.2, 0.25) is 5.02 Å². The lowest BCUT2D eigenvalue weighted by Gasteiger charge is -2.26. The highest BCUT2D eigenvalue weighted by Crippen LogP contribution is 2.37. The maximum absolute atomic E-state index is 13.4. The van der Waals surface area contributed by atoms with Gasteiger partial charge in [-0.05, 0) is 41.8 Å². The standard InChI is InChI=1S/C23H25ClN4O4S/c1-26-20-19(21(31)27(23(26)32)10-3-11-29)28(13-15-6-8-17(24)9-7-15)22(25-20)33-14-16-4-2-5-18(30)12-16/h2,4-9,12,22,25,29-30H,3,10-11,13-14H2,1H3. The van der Waals surface area contributed by atoms with Gasteiger partial charge in [-0.25, -0.2) is 4.79 Å². The van der Waals surface area contributed by atoms with Crippen LogP contribution in [0, 0.1) is 0 Å². The third-order valence-electron chi connectivity index (χ3n) is 5.48. The maximum Gasteiger partial charge on any atom is 0.332 e. The third-order valence-corrected chi connectivity index (χ3v) is 6.92. The second kappa shape index (κ2) is 9.94. The lowest BCUT2D eigenvalue weighted by Crippen LogP contribution is -2.41. The summed E-state index contributed by atoms with van der Waals surface area (Å²) in [6.07, 6.45) is 0.314. The molecule has 2 aromatic carbocycles. The maximum atomic E-state index is 13.4. The molecule has 1 unspecified atom stereocenters. The second-order valence-corrected chi connectivity index (χ2v) is 9.31. The van der Waals surface area contributed by atoms with Gasteiger partial charge in [0.1, 0.15) is 22.8 Å². The number of hydrogen-bond acceptors (Lipinski definition) is 7. The quantitative estimate of drug-likeness (QED) is 0.448. The molecule has 0 saturated heterocycles. The summed E-state index contributed by atoms with van der Waals surface area (Å²) in [6, 6.07) is 14.5. The molecule has 0 fully saturated rings. The van der Waals surface area contributed by atoms with E-state index in [9.17, 15) is 19.8 Å². The number of rotatable bonds is 8. The van der Waals surface area contributed by atoms with Crippen LogP contribution >= 0.6 is 23.4 Å². The Labute approximate surface area is 200 Å². The molecule has 0 spiro atoms. The first-order chi connectivity index (χ1) is 15.9. The van der Waals surface area contributed by atoms with E-state index in [1.165, 1.54) is 9.13 Å². The average molecular weight is 489 g/mol. The van der Waals surface area contributed by atoms with Crippen LogP contribution in [0.5, 0.6) is 5.75 Å². The van der Waals surface area contributed by atoms with Gasteiger partial charge in [-0.3, -0.25) is 13.9 Å². The lowest BCUT2D eigenvalue weighted by atomic mass is 10.2. The number of aliphatic hydroxyl groups is 1. The van der Waals surface area contributed by atoms with E-state index in [1.807, 2.05) is 23.1 Å². The minimum Gasteiger partial charge on any atom is -0.508 e. The highest BCUT2D eigenvalue weighted by atomic mass is 35.5. The smallest absolute Gasteiger partial charge is 0.332 e. The van der Waals surface area contributed by atoms with Crippen LogP contribution in [-0.2, 0) is 25.9 Å². The van der Waals surface area contributed by atoms with Gasteiger partial charge < -0.3 is 20.4 Å². The zero-order chi connectivity index (χ0) is 23.5. The highest BCUT2D eigenvalue weighted by molar-refractivity contribution is 7.99. The van der Waals surface area contributed by atoms with Crippen LogP contribution in [0.15, 0.2) is 58.1 Å². The Balaban J connectivity index is 1.72. The number of phenolic OH excluding ortho intramolecular Hbond substituents is 1. The molecule has 3 aromatic rings. The molecule has 8 nitrogen and oxygen atoms in total. The number of benzene rings is 2. The van der Waals surface area contributed by atoms with Crippen molar-refractivity contribution in [3.05, 3.63) is 85.5 Å². The molecule has 4 rings (SSSR count). The molecule has 0 bridgehead atoms. The number of phenols is 1. The number of aromatic hydroxyl groups is 1. The normalized spacial score (nSPS) is 14.9. The number of aromatic nitrogens is 2. The number of anilines is 2. The topological polar surface area (TPSA) is 99.7 Å². The van der Waals surface area contributed by atoms with Gasteiger partial charge in [-0.15, -0.1) is 11.8 Å². The van der Waals surface area contributed by atoms with E-state index < -0.39 is 5.69 Å². The molecule has 2 heterocycles. The van der Waals surface area contributed by atoms with Gasteiger partial charge in [0.25, 0.3) is 5.56 Å². The van der Waals surface area contributed by atoms with Crippen molar-refractivity contribution in [3.63, 3.8) is 0 Å². The van der Waals surface area contributed by atoms with Crippen molar-refractivity contribution >= 4 is 34.9 Å². The van der Waals surface area contributed by atoms with E-state index in [-0.39, 0.29) is 30.0 Å². The molecule has 0 radical (unpaired) electrons. The predicted molar refractivity (Wildman–Crippen MR) is 132 cm³/mol. The summed E-state index contributed by atoms with van der Waals surface area (Å²) in [7, 11) is 1.63. The van der Waals surface area contributed by atoms with E-state index >= 15 is 0 Å². The van der Waals surface area contributed by atoms with Crippen LogP contribution in [-0.4, -0.2) is 31.5 Å². The fraction of sp³-hybridized carbons (Fsp3) is 0.304. The Kier molecular flexibility index (Phi) is 7.02. The third kappa shape index (κ3) is 4.90. The Morgan fingerprint density at radius 3 is 2.58 bits per heavy atom. The van der Waals surface area contributed by atoms with Crippen molar-refractivity contribution < 1.29 is 10.2 Å². The highest BCUT2D eigenvalue weighted by Gasteiger charge is 2.35. The molecule has 0 saturated carbocycles. The van der Waals surface area contributed by atoms with Crippen molar-refractivity contribution in [1.82, 2.24) is 9.13 Å². The molecule has 174 valence electrons. The number of nitrogens with one attached hydrogen (secondary N) is 1. The largest absolute Gasteiger partial charge is 0.508 e. The molecule has 0 aliphatic carbocycles. The van der Waals surface area contributed by atoms with Gasteiger partial charge in [-0.1, -0.05) is 35.9 Å². The number of aliphatic hydroxyl groups excluding tert-OH is 1.